The van der Waals surface area contributed by atoms with E-state index in [2.05, 4.69) is 4.72 Å². The van der Waals surface area contributed by atoms with Gasteiger partial charge in [-0.3, -0.25) is 4.79 Å². The van der Waals surface area contributed by atoms with E-state index in [9.17, 15) is 18.3 Å². The third-order valence-electron chi connectivity index (χ3n) is 5.07. The average molecular weight is 373 g/mol. The van der Waals surface area contributed by atoms with E-state index in [1.807, 2.05) is 6.07 Å². The third-order valence-corrected chi connectivity index (χ3v) is 6.55. The van der Waals surface area contributed by atoms with Gasteiger partial charge in [0, 0.05) is 17.9 Å². The molecule has 2 aliphatic rings. The molecule has 1 saturated carbocycles. The fourth-order valence-corrected chi connectivity index (χ4v) is 5.21. The van der Waals surface area contributed by atoms with Gasteiger partial charge in [-0.15, -0.1) is 0 Å². The highest BCUT2D eigenvalue weighted by atomic mass is 32.2. The van der Waals surface area contributed by atoms with E-state index in [0.29, 0.717) is 17.7 Å². The molecule has 0 aromatic heterocycles. The van der Waals surface area contributed by atoms with Gasteiger partial charge < -0.3 is 9.84 Å². The lowest BCUT2D eigenvalue weighted by atomic mass is 9.92. The molecule has 2 aromatic carbocycles. The first-order chi connectivity index (χ1) is 12.4. The Bertz CT molecular complexity index is 957. The summed E-state index contributed by atoms with van der Waals surface area (Å²) in [5, 5.41) is 10.4. The molecule has 1 aliphatic carbocycles. The van der Waals surface area contributed by atoms with Gasteiger partial charge in [-0.2, -0.15) is 0 Å². The Morgan fingerprint density at radius 1 is 1.15 bits per heavy atom. The van der Waals surface area contributed by atoms with Crippen LogP contribution in [0.3, 0.4) is 0 Å². The molecule has 2 N–H and O–H groups in total. The number of aliphatic hydroxyl groups excluding tert-OH is 1. The highest BCUT2D eigenvalue weighted by molar-refractivity contribution is 7.89. The largest absolute Gasteiger partial charge is 0.489 e. The van der Waals surface area contributed by atoms with Gasteiger partial charge in [0.2, 0.25) is 10.0 Å². The van der Waals surface area contributed by atoms with Crippen molar-refractivity contribution in [1.29, 1.82) is 0 Å². The molecule has 0 saturated heterocycles. The van der Waals surface area contributed by atoms with Crippen LogP contribution in [0.2, 0.25) is 0 Å². The van der Waals surface area contributed by atoms with Crippen LogP contribution in [-0.4, -0.2) is 37.6 Å². The van der Waals surface area contributed by atoms with Crippen LogP contribution in [-0.2, 0) is 10.0 Å². The summed E-state index contributed by atoms with van der Waals surface area (Å²) in [4.78, 5) is 12.0. The number of hydrogen-bond acceptors (Lipinski definition) is 5. The number of carbonyl (C=O) groups excluding carboxylic acids is 1. The number of Topliss-reactive ketones (excluding diaryl/α,β-unsaturated/α-hetero) is 1. The monoisotopic (exact) mass is 373 g/mol. The first-order valence-corrected chi connectivity index (χ1v) is 9.93. The fraction of sp³-hybridized carbons (Fsp3) is 0.316. The topological polar surface area (TPSA) is 92.7 Å². The molecule has 6 nitrogen and oxygen atoms in total. The lowest BCUT2D eigenvalue weighted by molar-refractivity contribution is 0.101. The number of aliphatic hydroxyl groups is 1. The number of fused-ring (bicyclic) bond motifs is 3. The maximum atomic E-state index is 12.7. The second-order valence-corrected chi connectivity index (χ2v) is 8.44. The summed E-state index contributed by atoms with van der Waals surface area (Å²) in [5.41, 5.74) is 1.25. The maximum absolute atomic E-state index is 12.7. The number of para-hydroxylation sites is 1. The SMILES string of the molecule is CC(=O)c1cccc2c1OC1CC(O)C(NS(=O)(=O)c3ccccc3)[C@@H]21. The van der Waals surface area contributed by atoms with Gasteiger partial charge in [-0.05, 0) is 25.1 Å². The van der Waals surface area contributed by atoms with Crippen LogP contribution < -0.4 is 9.46 Å². The zero-order valence-electron chi connectivity index (χ0n) is 14.1. The average Bonchev–Trinajstić information content (AvgIpc) is 3.11. The van der Waals surface area contributed by atoms with Crippen LogP contribution in [0.4, 0.5) is 0 Å². The maximum Gasteiger partial charge on any atom is 0.240 e. The van der Waals surface area contributed by atoms with E-state index >= 15 is 0 Å². The summed E-state index contributed by atoms with van der Waals surface area (Å²) >= 11 is 0. The molecule has 0 bridgehead atoms. The number of ketones is 1. The predicted octanol–water partition coefficient (Wildman–Crippen LogP) is 1.85. The molecule has 1 heterocycles. The number of sulfonamides is 1. The van der Waals surface area contributed by atoms with Gasteiger partial charge in [0.25, 0.3) is 0 Å². The Morgan fingerprint density at radius 2 is 1.88 bits per heavy atom. The van der Waals surface area contributed by atoms with Crippen molar-refractivity contribution in [3.63, 3.8) is 0 Å². The molecule has 26 heavy (non-hydrogen) atoms. The lowest BCUT2D eigenvalue weighted by Crippen LogP contribution is -2.43. The normalized spacial score (nSPS) is 26.8. The number of hydrogen-bond donors (Lipinski definition) is 2. The van der Waals surface area contributed by atoms with Gasteiger partial charge >= 0.3 is 0 Å². The number of nitrogens with one attached hydrogen (secondary N) is 1. The van der Waals surface area contributed by atoms with Crippen molar-refractivity contribution in [2.75, 3.05) is 0 Å². The molecular weight excluding hydrogens is 354 g/mol. The van der Waals surface area contributed by atoms with Crippen molar-refractivity contribution in [1.82, 2.24) is 4.72 Å². The second-order valence-electron chi connectivity index (χ2n) is 6.73. The zero-order chi connectivity index (χ0) is 18.5. The van der Waals surface area contributed by atoms with Gasteiger partial charge in [0.1, 0.15) is 11.9 Å². The molecule has 4 atom stereocenters. The Labute approximate surface area is 151 Å². The highest BCUT2D eigenvalue weighted by Gasteiger charge is 2.51. The van der Waals surface area contributed by atoms with Gasteiger partial charge in [-0.25, -0.2) is 13.1 Å². The van der Waals surface area contributed by atoms with Gasteiger partial charge in [-0.1, -0.05) is 30.3 Å². The number of ether oxygens (including phenoxy) is 1. The fourth-order valence-electron chi connectivity index (χ4n) is 3.89. The number of carbonyl (C=O) groups is 1. The van der Waals surface area contributed by atoms with Crippen LogP contribution in [0.15, 0.2) is 53.4 Å². The minimum atomic E-state index is -3.78. The molecule has 1 aliphatic heterocycles. The van der Waals surface area contributed by atoms with Crippen molar-refractivity contribution in [3.8, 4) is 5.75 Å². The smallest absolute Gasteiger partial charge is 0.240 e. The highest BCUT2D eigenvalue weighted by Crippen LogP contribution is 2.48. The molecule has 3 unspecified atom stereocenters. The summed E-state index contributed by atoms with van der Waals surface area (Å²) < 4.78 is 34.0. The molecule has 1 fully saturated rings. The summed E-state index contributed by atoms with van der Waals surface area (Å²) in [5.74, 6) is 0.0624. The summed E-state index contributed by atoms with van der Waals surface area (Å²) in [7, 11) is -3.78. The van der Waals surface area contributed by atoms with Gasteiger partial charge in [0.05, 0.1) is 22.6 Å². The molecule has 7 heteroatoms. The molecule has 0 spiro atoms. The second kappa shape index (κ2) is 6.19. The summed E-state index contributed by atoms with van der Waals surface area (Å²) in [6.45, 7) is 1.47. The number of benzene rings is 2. The van der Waals surface area contributed by atoms with E-state index < -0.39 is 22.2 Å². The Balaban J connectivity index is 1.70. The van der Waals surface area contributed by atoms with E-state index in [-0.39, 0.29) is 22.7 Å². The third kappa shape index (κ3) is 2.72. The molecule has 2 aromatic rings. The minimum absolute atomic E-state index is 0.108. The first kappa shape index (κ1) is 17.2. The van der Waals surface area contributed by atoms with Crippen LogP contribution in [0.25, 0.3) is 0 Å². The first-order valence-electron chi connectivity index (χ1n) is 8.44. The van der Waals surface area contributed by atoms with Crippen molar-refractivity contribution in [2.45, 2.75) is 42.4 Å². The predicted molar refractivity (Wildman–Crippen MR) is 94.8 cm³/mol. The van der Waals surface area contributed by atoms with E-state index in [1.54, 1.807) is 30.3 Å². The van der Waals surface area contributed by atoms with Gasteiger partial charge in [0.15, 0.2) is 5.78 Å². The molecule has 0 amide bonds. The van der Waals surface area contributed by atoms with Crippen LogP contribution in [0.1, 0.15) is 35.2 Å². The van der Waals surface area contributed by atoms with E-state index in [4.69, 9.17) is 4.74 Å². The Hall–Kier alpha value is -2.22. The van der Waals surface area contributed by atoms with Crippen LogP contribution in [0.5, 0.6) is 5.75 Å². The van der Waals surface area contributed by atoms with Crippen molar-refractivity contribution in [2.24, 2.45) is 0 Å². The van der Waals surface area contributed by atoms with Crippen molar-refractivity contribution < 1.29 is 23.1 Å². The van der Waals surface area contributed by atoms with E-state index in [1.165, 1.54) is 19.1 Å². The van der Waals surface area contributed by atoms with E-state index in [0.717, 1.165) is 5.56 Å². The van der Waals surface area contributed by atoms with Crippen LogP contribution >= 0.6 is 0 Å². The minimum Gasteiger partial charge on any atom is -0.489 e. The molecule has 4 rings (SSSR count). The summed E-state index contributed by atoms with van der Waals surface area (Å²) in [6, 6.07) is 12.6. The summed E-state index contributed by atoms with van der Waals surface area (Å²) in [6.07, 6.45) is -0.917. The lowest BCUT2D eigenvalue weighted by Gasteiger charge is -2.22. The molecule has 0 radical (unpaired) electrons. The zero-order valence-corrected chi connectivity index (χ0v) is 14.9. The Morgan fingerprint density at radius 3 is 2.58 bits per heavy atom. The standard InChI is InChI=1S/C19H19NO5S/c1-11(21)13-8-5-9-14-17-16(25-19(13)14)10-15(22)18(17)20-26(23,24)12-6-3-2-4-7-12/h2-9,15-18,20,22H,10H2,1H3/t15?,16?,17-,18?/m0/s1. The number of rotatable bonds is 4. The molecule has 136 valence electrons. The molecular formula is C19H19NO5S. The van der Waals surface area contributed by atoms with Crippen LogP contribution in [0, 0.1) is 0 Å². The quantitative estimate of drug-likeness (QED) is 0.798. The Kier molecular flexibility index (Phi) is 4.10. The van der Waals surface area contributed by atoms with Crippen molar-refractivity contribution >= 4 is 15.8 Å². The van der Waals surface area contributed by atoms with Crippen molar-refractivity contribution in [3.05, 3.63) is 59.7 Å².